The van der Waals surface area contributed by atoms with E-state index >= 15 is 0 Å². The number of benzene rings is 1. The van der Waals surface area contributed by atoms with Gasteiger partial charge < -0.3 is 10.1 Å². The molecule has 18 heavy (non-hydrogen) atoms. The van der Waals surface area contributed by atoms with Crippen LogP contribution in [0, 0.1) is 0 Å². The molecule has 2 rings (SSSR count). The zero-order chi connectivity index (χ0) is 12.8. The van der Waals surface area contributed by atoms with Gasteiger partial charge >= 0.3 is 6.61 Å². The van der Waals surface area contributed by atoms with Gasteiger partial charge in [0.05, 0.1) is 12.2 Å². The highest BCUT2D eigenvalue weighted by Gasteiger charge is 2.03. The van der Waals surface area contributed by atoms with Gasteiger partial charge in [0.2, 0.25) is 0 Å². The Labute approximate surface area is 103 Å². The fourth-order valence-corrected chi connectivity index (χ4v) is 1.37. The van der Waals surface area contributed by atoms with Crippen LogP contribution in [-0.4, -0.2) is 16.6 Å². The third-order valence-electron chi connectivity index (χ3n) is 2.20. The average molecular weight is 251 g/mol. The summed E-state index contributed by atoms with van der Waals surface area (Å²) in [6, 6.07) is 8.09. The molecule has 1 aromatic heterocycles. The van der Waals surface area contributed by atoms with Crippen LogP contribution in [0.1, 0.15) is 5.69 Å². The molecule has 1 N–H and O–H groups in total. The number of ether oxygens (including phenoxy) is 1. The average Bonchev–Trinajstić information content (AvgIpc) is 2.38. The van der Waals surface area contributed by atoms with Crippen molar-refractivity contribution in [2.24, 2.45) is 0 Å². The first kappa shape index (κ1) is 12.2. The molecule has 0 aliphatic rings. The van der Waals surface area contributed by atoms with Crippen molar-refractivity contribution < 1.29 is 13.5 Å². The lowest BCUT2D eigenvalue weighted by molar-refractivity contribution is -0.0498. The molecule has 4 nitrogen and oxygen atoms in total. The third-order valence-corrected chi connectivity index (χ3v) is 2.20. The molecule has 0 aliphatic heterocycles. The predicted molar refractivity (Wildman–Crippen MR) is 62.4 cm³/mol. The molecule has 0 unspecified atom stereocenters. The fraction of sp³-hybridized carbons (Fsp3) is 0.167. The maximum absolute atomic E-state index is 11.9. The Morgan fingerprint density at radius 3 is 2.56 bits per heavy atom. The van der Waals surface area contributed by atoms with Crippen LogP contribution >= 0.6 is 0 Å². The Morgan fingerprint density at radius 1 is 1.17 bits per heavy atom. The zero-order valence-electron chi connectivity index (χ0n) is 9.38. The fourth-order valence-electron chi connectivity index (χ4n) is 1.37. The minimum absolute atomic E-state index is 0.137. The molecule has 2 aromatic rings. The van der Waals surface area contributed by atoms with E-state index in [4.69, 9.17) is 0 Å². The van der Waals surface area contributed by atoms with Crippen LogP contribution in [0.3, 0.4) is 0 Å². The number of aromatic nitrogens is 2. The Hall–Kier alpha value is -2.24. The summed E-state index contributed by atoms with van der Waals surface area (Å²) in [6.07, 6.45) is 3.13. The van der Waals surface area contributed by atoms with Crippen LogP contribution in [0.15, 0.2) is 42.9 Å². The number of halogens is 2. The predicted octanol–water partition coefficient (Wildman–Crippen LogP) is 2.69. The van der Waals surface area contributed by atoms with Gasteiger partial charge in [-0.05, 0) is 30.3 Å². The monoisotopic (exact) mass is 251 g/mol. The van der Waals surface area contributed by atoms with E-state index in [1.54, 1.807) is 24.4 Å². The molecule has 0 bridgehead atoms. The molecule has 1 heterocycles. The second kappa shape index (κ2) is 5.90. The Balaban J connectivity index is 1.90. The smallest absolute Gasteiger partial charge is 0.387 e. The van der Waals surface area contributed by atoms with Gasteiger partial charge in [-0.25, -0.2) is 9.97 Å². The van der Waals surface area contributed by atoms with Crippen molar-refractivity contribution in [2.75, 3.05) is 5.32 Å². The van der Waals surface area contributed by atoms with E-state index in [1.165, 1.54) is 18.5 Å². The number of rotatable bonds is 5. The zero-order valence-corrected chi connectivity index (χ0v) is 9.38. The molecule has 0 spiro atoms. The molecular formula is C12H11F2N3O. The summed E-state index contributed by atoms with van der Waals surface area (Å²) in [5.74, 6) is 0.137. The second-order valence-electron chi connectivity index (χ2n) is 3.46. The molecule has 94 valence electrons. The molecule has 6 heteroatoms. The Bertz CT molecular complexity index is 476. The van der Waals surface area contributed by atoms with E-state index in [0.29, 0.717) is 6.54 Å². The van der Waals surface area contributed by atoms with Crippen molar-refractivity contribution in [3.05, 3.63) is 48.5 Å². The van der Waals surface area contributed by atoms with Crippen molar-refractivity contribution in [3.63, 3.8) is 0 Å². The molecular weight excluding hydrogens is 240 g/mol. The summed E-state index contributed by atoms with van der Waals surface area (Å²) in [4.78, 5) is 7.87. The molecule has 0 saturated heterocycles. The SMILES string of the molecule is FC(F)Oc1ccc(NCc2ccncn2)cc1. The molecule has 0 saturated carbocycles. The van der Waals surface area contributed by atoms with Crippen LogP contribution in [0.5, 0.6) is 5.75 Å². The molecule has 0 atom stereocenters. The van der Waals surface area contributed by atoms with E-state index < -0.39 is 6.61 Å². The number of anilines is 1. The Kier molecular flexibility index (Phi) is 4.01. The molecule has 0 aliphatic carbocycles. The van der Waals surface area contributed by atoms with Gasteiger partial charge in [0.15, 0.2) is 0 Å². The van der Waals surface area contributed by atoms with Crippen LogP contribution in [-0.2, 0) is 6.54 Å². The minimum atomic E-state index is -2.80. The number of nitrogens with zero attached hydrogens (tertiary/aromatic N) is 2. The van der Waals surface area contributed by atoms with Crippen molar-refractivity contribution in [1.82, 2.24) is 9.97 Å². The van der Waals surface area contributed by atoms with Crippen LogP contribution < -0.4 is 10.1 Å². The lowest BCUT2D eigenvalue weighted by Crippen LogP contribution is -2.03. The van der Waals surface area contributed by atoms with E-state index in [2.05, 4.69) is 20.0 Å². The maximum Gasteiger partial charge on any atom is 0.387 e. The minimum Gasteiger partial charge on any atom is -0.435 e. The second-order valence-corrected chi connectivity index (χ2v) is 3.46. The number of alkyl halides is 2. The van der Waals surface area contributed by atoms with E-state index in [0.717, 1.165) is 11.4 Å². The van der Waals surface area contributed by atoms with Gasteiger partial charge in [-0.1, -0.05) is 0 Å². The van der Waals surface area contributed by atoms with Crippen molar-refractivity contribution in [3.8, 4) is 5.75 Å². The van der Waals surface area contributed by atoms with Crippen molar-refractivity contribution in [2.45, 2.75) is 13.2 Å². The first-order valence-electron chi connectivity index (χ1n) is 5.27. The molecule has 0 radical (unpaired) electrons. The maximum atomic E-state index is 11.9. The van der Waals surface area contributed by atoms with Gasteiger partial charge in [0, 0.05) is 11.9 Å². The third kappa shape index (κ3) is 3.65. The standard InChI is InChI=1S/C12H11F2N3O/c13-12(14)18-11-3-1-9(2-4-11)16-7-10-5-6-15-8-17-10/h1-6,8,12,16H,7H2. The molecule has 1 aromatic carbocycles. The summed E-state index contributed by atoms with van der Waals surface area (Å²) >= 11 is 0. The van der Waals surface area contributed by atoms with Gasteiger partial charge in [-0.15, -0.1) is 0 Å². The van der Waals surface area contributed by atoms with Gasteiger partial charge in [0.25, 0.3) is 0 Å². The summed E-state index contributed by atoms with van der Waals surface area (Å²) in [5.41, 5.74) is 1.65. The largest absolute Gasteiger partial charge is 0.435 e. The topological polar surface area (TPSA) is 47.0 Å². The quantitative estimate of drug-likeness (QED) is 0.887. The summed E-state index contributed by atoms with van der Waals surface area (Å²) in [5, 5.41) is 3.11. The number of hydrogen-bond acceptors (Lipinski definition) is 4. The highest BCUT2D eigenvalue weighted by atomic mass is 19.3. The highest BCUT2D eigenvalue weighted by Crippen LogP contribution is 2.17. The molecule has 0 amide bonds. The van der Waals surface area contributed by atoms with Crippen LogP contribution in [0.4, 0.5) is 14.5 Å². The first-order chi connectivity index (χ1) is 8.74. The molecule has 0 fully saturated rings. The highest BCUT2D eigenvalue weighted by molar-refractivity contribution is 5.46. The van der Waals surface area contributed by atoms with Crippen LogP contribution in [0.2, 0.25) is 0 Å². The lowest BCUT2D eigenvalue weighted by atomic mass is 10.3. The normalized spacial score (nSPS) is 10.4. The van der Waals surface area contributed by atoms with E-state index in [-0.39, 0.29) is 5.75 Å². The Morgan fingerprint density at radius 2 is 1.94 bits per heavy atom. The van der Waals surface area contributed by atoms with Crippen molar-refractivity contribution in [1.29, 1.82) is 0 Å². The van der Waals surface area contributed by atoms with E-state index in [1.807, 2.05) is 0 Å². The summed E-state index contributed by atoms with van der Waals surface area (Å²) in [6.45, 7) is -2.26. The lowest BCUT2D eigenvalue weighted by Gasteiger charge is -2.07. The van der Waals surface area contributed by atoms with Gasteiger partial charge in [-0.3, -0.25) is 0 Å². The van der Waals surface area contributed by atoms with E-state index in [9.17, 15) is 8.78 Å². The summed E-state index contributed by atoms with van der Waals surface area (Å²) in [7, 11) is 0. The number of nitrogens with one attached hydrogen (secondary N) is 1. The van der Waals surface area contributed by atoms with Gasteiger partial charge in [-0.2, -0.15) is 8.78 Å². The number of hydrogen-bond donors (Lipinski definition) is 1. The van der Waals surface area contributed by atoms with Crippen molar-refractivity contribution >= 4 is 5.69 Å². The van der Waals surface area contributed by atoms with Gasteiger partial charge in [0.1, 0.15) is 12.1 Å². The van der Waals surface area contributed by atoms with Crippen LogP contribution in [0.25, 0.3) is 0 Å². The first-order valence-corrected chi connectivity index (χ1v) is 5.27. The summed E-state index contributed by atoms with van der Waals surface area (Å²) < 4.78 is 28.1.